The number of nitrogens with zero attached hydrogens (tertiary/aromatic N) is 4. The fourth-order valence-corrected chi connectivity index (χ4v) is 4.57. The Balaban J connectivity index is 1.37. The maximum absolute atomic E-state index is 4.72. The molecule has 36 heavy (non-hydrogen) atoms. The Kier molecular flexibility index (Phi) is 9.68. The summed E-state index contributed by atoms with van der Waals surface area (Å²) in [7, 11) is 0. The second-order valence-corrected chi connectivity index (χ2v) is 9.28. The number of unbranched alkanes of at least 4 members (excludes halogenated alkanes) is 1. The van der Waals surface area contributed by atoms with E-state index in [-0.39, 0.29) is 0 Å². The van der Waals surface area contributed by atoms with Crippen LogP contribution in [0.3, 0.4) is 0 Å². The van der Waals surface area contributed by atoms with Gasteiger partial charge in [0.1, 0.15) is 0 Å². The highest BCUT2D eigenvalue weighted by atomic mass is 15.3. The molecular formula is C29H39N7. The first kappa shape index (κ1) is 25.6. The Bertz CT molecular complexity index is 1010. The maximum atomic E-state index is 4.72. The molecular weight excluding hydrogens is 446 g/mol. The van der Waals surface area contributed by atoms with E-state index in [4.69, 9.17) is 4.98 Å². The van der Waals surface area contributed by atoms with Gasteiger partial charge in [-0.25, -0.2) is 0 Å². The third kappa shape index (κ3) is 7.28. The molecule has 0 spiro atoms. The predicted molar refractivity (Wildman–Crippen MR) is 150 cm³/mol. The number of hydrogen-bond donors (Lipinski definition) is 3. The largest absolute Gasteiger partial charge is 0.354 e. The monoisotopic (exact) mass is 485 g/mol. The van der Waals surface area contributed by atoms with Crippen LogP contribution < -0.4 is 20.9 Å². The van der Waals surface area contributed by atoms with Crippen molar-refractivity contribution < 1.29 is 0 Å². The van der Waals surface area contributed by atoms with E-state index in [0.29, 0.717) is 30.4 Å². The van der Waals surface area contributed by atoms with Crippen LogP contribution in [0.25, 0.3) is 0 Å². The molecule has 0 atom stereocenters. The number of benzene rings is 2. The Hall–Kier alpha value is -3.45. The smallest absolute Gasteiger partial charge is 0.231 e. The molecule has 1 fully saturated rings. The summed E-state index contributed by atoms with van der Waals surface area (Å²) in [5.41, 5.74) is 2.70. The highest BCUT2D eigenvalue weighted by Gasteiger charge is 2.23. The quantitative estimate of drug-likeness (QED) is 0.230. The minimum absolute atomic E-state index is 0.337. The molecule has 4 rings (SSSR count). The summed E-state index contributed by atoms with van der Waals surface area (Å²) in [6, 6.07) is 22.1. The third-order valence-corrected chi connectivity index (χ3v) is 6.63. The van der Waals surface area contributed by atoms with Gasteiger partial charge in [0.05, 0.1) is 0 Å². The van der Waals surface area contributed by atoms with Crippen LogP contribution in [0.15, 0.2) is 73.3 Å². The molecule has 0 saturated carbocycles. The summed E-state index contributed by atoms with van der Waals surface area (Å²) in [6.45, 7) is 10.2. The Labute approximate surface area is 215 Å². The van der Waals surface area contributed by atoms with Crippen LogP contribution in [-0.4, -0.2) is 53.7 Å². The van der Waals surface area contributed by atoms with Crippen molar-refractivity contribution in [3.8, 4) is 0 Å². The number of nitrogens with one attached hydrogen (secondary N) is 3. The van der Waals surface area contributed by atoms with E-state index in [1.54, 1.807) is 0 Å². The van der Waals surface area contributed by atoms with Crippen molar-refractivity contribution in [2.24, 2.45) is 0 Å². The molecule has 1 saturated heterocycles. The van der Waals surface area contributed by atoms with Gasteiger partial charge in [-0.05, 0) is 30.4 Å². The number of aromatic nitrogens is 3. The van der Waals surface area contributed by atoms with Gasteiger partial charge in [0.25, 0.3) is 0 Å². The standard InChI is InChI=1S/C29H39N7/c1-3-5-19-31-28-33-27(30-18-4-2)34-29(35-28)36-20-16-25(17-21-36)32-22-26(23-12-8-6-9-13-23)24-14-10-7-11-15-24/h4,6-15,25-26,32H,2-3,5,16-22H2,1H3,(H2,30,31,33,34,35). The first-order valence-electron chi connectivity index (χ1n) is 13.2. The van der Waals surface area contributed by atoms with Crippen molar-refractivity contribution in [2.45, 2.75) is 44.6 Å². The van der Waals surface area contributed by atoms with Crippen LogP contribution in [0, 0.1) is 0 Å². The molecule has 1 aliphatic heterocycles. The Morgan fingerprint density at radius 3 is 2.11 bits per heavy atom. The average Bonchev–Trinajstić information content (AvgIpc) is 2.94. The van der Waals surface area contributed by atoms with E-state index in [2.05, 4.69) is 105 Å². The number of hydrogen-bond acceptors (Lipinski definition) is 7. The Morgan fingerprint density at radius 2 is 1.53 bits per heavy atom. The van der Waals surface area contributed by atoms with Gasteiger partial charge in [-0.3, -0.25) is 0 Å². The molecule has 1 aliphatic rings. The first-order chi connectivity index (χ1) is 17.8. The maximum Gasteiger partial charge on any atom is 0.231 e. The summed E-state index contributed by atoms with van der Waals surface area (Å²) >= 11 is 0. The molecule has 1 aromatic heterocycles. The highest BCUT2D eigenvalue weighted by molar-refractivity contribution is 5.44. The molecule has 0 bridgehead atoms. The average molecular weight is 486 g/mol. The van der Waals surface area contributed by atoms with Crippen LogP contribution in [-0.2, 0) is 0 Å². The minimum atomic E-state index is 0.337. The van der Waals surface area contributed by atoms with Gasteiger partial charge >= 0.3 is 0 Å². The summed E-state index contributed by atoms with van der Waals surface area (Å²) < 4.78 is 0. The molecule has 0 radical (unpaired) electrons. The molecule has 0 unspecified atom stereocenters. The zero-order valence-electron chi connectivity index (χ0n) is 21.4. The summed E-state index contributed by atoms with van der Waals surface area (Å²) in [6.07, 6.45) is 6.12. The van der Waals surface area contributed by atoms with E-state index in [9.17, 15) is 0 Å². The van der Waals surface area contributed by atoms with Crippen LogP contribution >= 0.6 is 0 Å². The van der Waals surface area contributed by atoms with Crippen LogP contribution in [0.4, 0.5) is 17.8 Å². The van der Waals surface area contributed by atoms with Gasteiger partial charge in [0, 0.05) is 44.7 Å². The van der Waals surface area contributed by atoms with Gasteiger partial charge < -0.3 is 20.9 Å². The fraction of sp³-hybridized carbons (Fsp3) is 0.414. The lowest BCUT2D eigenvalue weighted by molar-refractivity contribution is 0.407. The van der Waals surface area contributed by atoms with Crippen molar-refractivity contribution in [1.29, 1.82) is 0 Å². The van der Waals surface area contributed by atoms with Gasteiger partial charge in [-0.15, -0.1) is 6.58 Å². The van der Waals surface area contributed by atoms with Crippen molar-refractivity contribution >= 4 is 17.8 Å². The third-order valence-electron chi connectivity index (χ3n) is 6.63. The van der Waals surface area contributed by atoms with E-state index in [1.165, 1.54) is 11.1 Å². The number of anilines is 3. The summed E-state index contributed by atoms with van der Waals surface area (Å²) in [5.74, 6) is 2.30. The summed E-state index contributed by atoms with van der Waals surface area (Å²) in [4.78, 5) is 16.2. The zero-order valence-corrected chi connectivity index (χ0v) is 21.4. The SMILES string of the molecule is C=CCNc1nc(NCCCC)nc(N2CCC(NCC(c3ccccc3)c3ccccc3)CC2)n1. The number of piperidine rings is 1. The van der Waals surface area contributed by atoms with Gasteiger partial charge in [-0.2, -0.15) is 15.0 Å². The molecule has 3 aromatic rings. The van der Waals surface area contributed by atoms with Gasteiger partial charge in [0.2, 0.25) is 17.8 Å². The van der Waals surface area contributed by atoms with E-state index in [0.717, 1.165) is 57.8 Å². The Morgan fingerprint density at radius 1 is 0.917 bits per heavy atom. The normalized spacial score (nSPS) is 14.1. The van der Waals surface area contributed by atoms with Crippen LogP contribution in [0.2, 0.25) is 0 Å². The van der Waals surface area contributed by atoms with Crippen LogP contribution in [0.5, 0.6) is 0 Å². The second kappa shape index (κ2) is 13.6. The fourth-order valence-electron chi connectivity index (χ4n) is 4.57. The van der Waals surface area contributed by atoms with E-state index < -0.39 is 0 Å². The predicted octanol–water partition coefficient (Wildman–Crippen LogP) is 5.07. The van der Waals surface area contributed by atoms with Crippen LogP contribution in [0.1, 0.15) is 49.7 Å². The lowest BCUT2D eigenvalue weighted by Gasteiger charge is -2.33. The highest BCUT2D eigenvalue weighted by Crippen LogP contribution is 2.25. The lowest BCUT2D eigenvalue weighted by Crippen LogP contribution is -2.44. The second-order valence-electron chi connectivity index (χ2n) is 9.28. The molecule has 190 valence electrons. The number of rotatable bonds is 13. The van der Waals surface area contributed by atoms with Crippen molar-refractivity contribution in [3.05, 3.63) is 84.4 Å². The molecule has 0 amide bonds. The molecule has 0 aliphatic carbocycles. The summed E-state index contributed by atoms with van der Waals surface area (Å²) in [5, 5.41) is 10.4. The molecule has 7 heteroatoms. The first-order valence-corrected chi connectivity index (χ1v) is 13.2. The van der Waals surface area contributed by atoms with Crippen molar-refractivity contribution in [3.63, 3.8) is 0 Å². The van der Waals surface area contributed by atoms with Gasteiger partial charge in [0.15, 0.2) is 0 Å². The van der Waals surface area contributed by atoms with Crippen molar-refractivity contribution in [2.75, 3.05) is 48.3 Å². The molecule has 3 N–H and O–H groups in total. The zero-order chi connectivity index (χ0) is 25.0. The lowest BCUT2D eigenvalue weighted by atomic mass is 9.90. The molecule has 2 heterocycles. The van der Waals surface area contributed by atoms with E-state index >= 15 is 0 Å². The van der Waals surface area contributed by atoms with Crippen molar-refractivity contribution in [1.82, 2.24) is 20.3 Å². The molecule has 2 aromatic carbocycles. The van der Waals surface area contributed by atoms with Gasteiger partial charge in [-0.1, -0.05) is 80.1 Å². The molecule has 7 nitrogen and oxygen atoms in total. The minimum Gasteiger partial charge on any atom is -0.354 e. The van der Waals surface area contributed by atoms with E-state index in [1.807, 2.05) is 6.08 Å². The topological polar surface area (TPSA) is 78.0 Å².